The fourth-order valence-corrected chi connectivity index (χ4v) is 3.88. The van der Waals surface area contributed by atoms with E-state index in [9.17, 15) is 14.8 Å². The number of carbonyl (C=O) groups excluding carboxylic acids is 2. The second-order valence-corrected chi connectivity index (χ2v) is 8.24. The van der Waals surface area contributed by atoms with Gasteiger partial charge >= 0.3 is 0 Å². The molecule has 125 valence electrons. The van der Waals surface area contributed by atoms with Crippen molar-refractivity contribution in [2.24, 2.45) is 5.92 Å². The van der Waals surface area contributed by atoms with Crippen LogP contribution in [-0.4, -0.2) is 51.5 Å². The molecule has 2 rings (SSSR count). The first kappa shape index (κ1) is 17.2. The first-order valence-electron chi connectivity index (χ1n) is 8.03. The fraction of sp³-hybridized carbons (Fsp3) is 0.875. The number of piperidine rings is 1. The molecule has 2 aliphatic heterocycles. The maximum atomic E-state index is 12.7. The van der Waals surface area contributed by atoms with E-state index in [1.54, 1.807) is 4.90 Å². The van der Waals surface area contributed by atoms with E-state index in [-0.39, 0.29) is 30.3 Å². The van der Waals surface area contributed by atoms with Crippen molar-refractivity contribution in [3.05, 3.63) is 0 Å². The SMILES string of the molecule is CC(C)[C@H]1NC(=O)CN(C2CC(C)(C)N([O])C(C)(C)C2)C1=O. The molecular formula is C16H28N3O3. The normalized spacial score (nSPS) is 29.8. The minimum absolute atomic E-state index is 0.0226. The third-order valence-electron chi connectivity index (χ3n) is 4.86. The van der Waals surface area contributed by atoms with Crippen molar-refractivity contribution in [3.8, 4) is 0 Å². The number of carbonyl (C=O) groups is 2. The summed E-state index contributed by atoms with van der Waals surface area (Å²) in [6, 6.07) is -0.534. The molecule has 2 aliphatic rings. The van der Waals surface area contributed by atoms with Gasteiger partial charge in [0.2, 0.25) is 11.8 Å². The fourth-order valence-electron chi connectivity index (χ4n) is 3.88. The molecule has 6 heteroatoms. The van der Waals surface area contributed by atoms with Crippen molar-refractivity contribution < 1.29 is 14.8 Å². The number of amides is 2. The molecule has 2 fully saturated rings. The van der Waals surface area contributed by atoms with Gasteiger partial charge in [0.1, 0.15) is 6.04 Å². The molecule has 2 amide bonds. The molecule has 1 radical (unpaired) electrons. The molecule has 0 aromatic carbocycles. The zero-order chi connectivity index (χ0) is 16.9. The highest BCUT2D eigenvalue weighted by molar-refractivity contribution is 5.95. The van der Waals surface area contributed by atoms with Gasteiger partial charge in [-0.2, -0.15) is 0 Å². The van der Waals surface area contributed by atoms with Gasteiger partial charge in [-0.1, -0.05) is 13.8 Å². The molecule has 6 nitrogen and oxygen atoms in total. The Balaban J connectivity index is 2.26. The Hall–Kier alpha value is -1.14. The van der Waals surface area contributed by atoms with Crippen molar-refractivity contribution in [3.63, 3.8) is 0 Å². The van der Waals surface area contributed by atoms with Crippen LogP contribution in [0.2, 0.25) is 0 Å². The van der Waals surface area contributed by atoms with Crippen LogP contribution in [0.5, 0.6) is 0 Å². The Morgan fingerprint density at radius 2 is 1.59 bits per heavy atom. The molecule has 0 aliphatic carbocycles. The second kappa shape index (κ2) is 5.49. The van der Waals surface area contributed by atoms with Gasteiger partial charge in [-0.15, -0.1) is 10.3 Å². The highest BCUT2D eigenvalue weighted by Gasteiger charge is 2.50. The number of hydrogen-bond donors (Lipinski definition) is 1. The van der Waals surface area contributed by atoms with E-state index in [0.717, 1.165) is 5.06 Å². The predicted molar refractivity (Wildman–Crippen MR) is 82.2 cm³/mol. The van der Waals surface area contributed by atoms with Crippen LogP contribution in [-0.2, 0) is 14.8 Å². The van der Waals surface area contributed by atoms with Crippen LogP contribution >= 0.6 is 0 Å². The van der Waals surface area contributed by atoms with Crippen molar-refractivity contribution in [1.29, 1.82) is 0 Å². The molecule has 0 aromatic rings. The Kier molecular flexibility index (Phi) is 4.30. The minimum Gasteiger partial charge on any atom is -0.343 e. The Morgan fingerprint density at radius 1 is 1.09 bits per heavy atom. The summed E-state index contributed by atoms with van der Waals surface area (Å²) in [5.41, 5.74) is -1.10. The number of nitrogens with one attached hydrogen (secondary N) is 1. The van der Waals surface area contributed by atoms with Gasteiger partial charge in [0, 0.05) is 17.1 Å². The summed E-state index contributed by atoms with van der Waals surface area (Å²) in [5.74, 6) is -0.0797. The summed E-state index contributed by atoms with van der Waals surface area (Å²) in [7, 11) is 0. The van der Waals surface area contributed by atoms with Gasteiger partial charge in [0.05, 0.1) is 6.54 Å². The minimum atomic E-state index is -0.548. The average molecular weight is 310 g/mol. The van der Waals surface area contributed by atoms with Gasteiger partial charge in [0.15, 0.2) is 0 Å². The lowest BCUT2D eigenvalue weighted by Crippen LogP contribution is -2.67. The molecule has 0 unspecified atom stereocenters. The number of hydroxylamine groups is 2. The van der Waals surface area contributed by atoms with Gasteiger partial charge in [0.25, 0.3) is 0 Å². The number of piperazine rings is 1. The van der Waals surface area contributed by atoms with Gasteiger partial charge in [-0.25, -0.2) is 0 Å². The van der Waals surface area contributed by atoms with Crippen LogP contribution in [0.4, 0.5) is 0 Å². The van der Waals surface area contributed by atoms with E-state index < -0.39 is 17.1 Å². The molecule has 0 aromatic heterocycles. The molecule has 1 atom stereocenters. The quantitative estimate of drug-likeness (QED) is 0.836. The number of nitrogens with zero attached hydrogens (tertiary/aromatic N) is 2. The van der Waals surface area contributed by atoms with Crippen LogP contribution < -0.4 is 5.32 Å². The molecule has 0 saturated carbocycles. The highest BCUT2D eigenvalue weighted by Crippen LogP contribution is 2.39. The maximum absolute atomic E-state index is 12.7. The van der Waals surface area contributed by atoms with Crippen LogP contribution in [0.25, 0.3) is 0 Å². The zero-order valence-electron chi connectivity index (χ0n) is 14.5. The summed E-state index contributed by atoms with van der Waals surface area (Å²) >= 11 is 0. The summed E-state index contributed by atoms with van der Waals surface area (Å²) in [6.07, 6.45) is 1.17. The third kappa shape index (κ3) is 2.99. The van der Waals surface area contributed by atoms with E-state index in [2.05, 4.69) is 5.32 Å². The van der Waals surface area contributed by atoms with Crippen LogP contribution in [0.15, 0.2) is 0 Å². The molecule has 22 heavy (non-hydrogen) atoms. The summed E-state index contributed by atoms with van der Waals surface area (Å²) in [4.78, 5) is 26.4. The lowest BCUT2D eigenvalue weighted by molar-refractivity contribution is -0.294. The predicted octanol–water partition coefficient (Wildman–Crippen LogP) is 1.34. The molecule has 0 spiro atoms. The van der Waals surface area contributed by atoms with E-state index in [1.807, 2.05) is 41.5 Å². The molecule has 0 bridgehead atoms. The van der Waals surface area contributed by atoms with Crippen molar-refractivity contribution in [1.82, 2.24) is 15.3 Å². The molecule has 2 saturated heterocycles. The smallest absolute Gasteiger partial charge is 0.246 e. The van der Waals surface area contributed by atoms with E-state index >= 15 is 0 Å². The molecular weight excluding hydrogens is 282 g/mol. The zero-order valence-corrected chi connectivity index (χ0v) is 14.5. The van der Waals surface area contributed by atoms with Gasteiger partial charge < -0.3 is 10.2 Å². The van der Waals surface area contributed by atoms with Gasteiger partial charge in [-0.3, -0.25) is 9.59 Å². The maximum Gasteiger partial charge on any atom is 0.246 e. The first-order valence-corrected chi connectivity index (χ1v) is 8.03. The topological polar surface area (TPSA) is 72.6 Å². The van der Waals surface area contributed by atoms with Crippen LogP contribution in [0, 0.1) is 5.92 Å². The first-order chi connectivity index (χ1) is 9.95. The van der Waals surface area contributed by atoms with E-state index in [1.165, 1.54) is 0 Å². The lowest BCUT2D eigenvalue weighted by atomic mass is 9.78. The average Bonchev–Trinajstić information content (AvgIpc) is 2.37. The van der Waals surface area contributed by atoms with E-state index in [4.69, 9.17) is 0 Å². The van der Waals surface area contributed by atoms with Crippen LogP contribution in [0.3, 0.4) is 0 Å². The number of rotatable bonds is 2. The Labute approximate surface area is 132 Å². The number of hydrogen-bond acceptors (Lipinski definition) is 3. The standard InChI is InChI=1S/C16H28N3O3/c1-10(2)13-14(21)18(9-12(20)17-13)11-7-15(3,4)19(22)16(5,6)8-11/h10-11,13H,7-9H2,1-6H3,(H,17,20)/t13-/m1/s1. The summed E-state index contributed by atoms with van der Waals surface area (Å²) in [5, 5.41) is 16.4. The summed E-state index contributed by atoms with van der Waals surface area (Å²) in [6.45, 7) is 11.6. The Bertz CT molecular complexity index is 455. The van der Waals surface area contributed by atoms with Crippen molar-refractivity contribution in [2.75, 3.05) is 6.54 Å². The largest absolute Gasteiger partial charge is 0.343 e. The molecule has 2 heterocycles. The monoisotopic (exact) mass is 310 g/mol. The third-order valence-corrected chi connectivity index (χ3v) is 4.86. The Morgan fingerprint density at radius 3 is 2.05 bits per heavy atom. The van der Waals surface area contributed by atoms with Gasteiger partial charge in [-0.05, 0) is 46.5 Å². The summed E-state index contributed by atoms with van der Waals surface area (Å²) < 4.78 is 0. The molecule has 1 N–H and O–H groups in total. The highest BCUT2D eigenvalue weighted by atomic mass is 16.5. The van der Waals surface area contributed by atoms with Crippen LogP contribution in [0.1, 0.15) is 54.4 Å². The van der Waals surface area contributed by atoms with Crippen molar-refractivity contribution in [2.45, 2.75) is 77.5 Å². The lowest BCUT2D eigenvalue weighted by Gasteiger charge is -2.53. The second-order valence-electron chi connectivity index (χ2n) is 8.24. The van der Waals surface area contributed by atoms with Crippen molar-refractivity contribution >= 4 is 11.8 Å². The van der Waals surface area contributed by atoms with E-state index in [0.29, 0.717) is 12.8 Å².